The second-order valence-electron chi connectivity index (χ2n) is 4.48. The molecule has 0 spiro atoms. The van der Waals surface area contributed by atoms with Gasteiger partial charge >= 0.3 is 0 Å². The molecule has 2 rings (SSSR count). The quantitative estimate of drug-likeness (QED) is 0.911. The van der Waals surface area contributed by atoms with Crippen molar-refractivity contribution in [2.45, 2.75) is 18.4 Å². The molecule has 7 heteroatoms. The summed E-state index contributed by atoms with van der Waals surface area (Å²) in [7, 11) is -4.08. The molecule has 0 unspecified atom stereocenters. The second kappa shape index (κ2) is 5.79. The topological polar surface area (TPSA) is 66.4 Å². The number of halogens is 2. The first-order valence-corrected chi connectivity index (χ1v) is 7.50. The molecule has 0 aliphatic heterocycles. The SMILES string of the molecule is Cc1cc(NS(=O)(=O)c2cc(F)ccc2CO)ccc1F. The fourth-order valence-corrected chi connectivity index (χ4v) is 3.12. The van der Waals surface area contributed by atoms with Gasteiger partial charge in [0.15, 0.2) is 0 Å². The summed E-state index contributed by atoms with van der Waals surface area (Å²) in [6, 6.07) is 6.80. The van der Waals surface area contributed by atoms with Crippen molar-refractivity contribution >= 4 is 15.7 Å². The van der Waals surface area contributed by atoms with Gasteiger partial charge in [-0.05, 0) is 48.4 Å². The predicted molar refractivity (Wildman–Crippen MR) is 74.3 cm³/mol. The van der Waals surface area contributed by atoms with E-state index in [0.717, 1.165) is 18.2 Å². The van der Waals surface area contributed by atoms with Crippen LogP contribution in [0.4, 0.5) is 14.5 Å². The summed E-state index contributed by atoms with van der Waals surface area (Å²) >= 11 is 0. The highest BCUT2D eigenvalue weighted by atomic mass is 32.2. The lowest BCUT2D eigenvalue weighted by atomic mass is 10.2. The monoisotopic (exact) mass is 313 g/mol. The van der Waals surface area contributed by atoms with Crippen LogP contribution in [0.5, 0.6) is 0 Å². The third-order valence-electron chi connectivity index (χ3n) is 2.90. The Hall–Kier alpha value is -1.99. The van der Waals surface area contributed by atoms with Crippen LogP contribution in [0.2, 0.25) is 0 Å². The Balaban J connectivity index is 2.42. The molecule has 0 heterocycles. The standard InChI is InChI=1S/C14H13F2NO3S/c1-9-6-12(4-5-13(9)16)17-21(19,20)14-7-11(15)3-2-10(14)8-18/h2-7,17-18H,8H2,1H3. The van der Waals surface area contributed by atoms with Gasteiger partial charge in [-0.3, -0.25) is 4.72 Å². The largest absolute Gasteiger partial charge is 0.392 e. The maximum absolute atomic E-state index is 13.2. The Bertz CT molecular complexity index is 776. The van der Waals surface area contributed by atoms with Crippen LogP contribution in [0.15, 0.2) is 41.3 Å². The van der Waals surface area contributed by atoms with Gasteiger partial charge < -0.3 is 5.11 Å². The molecule has 0 saturated heterocycles. The molecule has 0 saturated carbocycles. The number of hydrogen-bond acceptors (Lipinski definition) is 3. The summed E-state index contributed by atoms with van der Waals surface area (Å²) in [5.74, 6) is -1.19. The van der Waals surface area contributed by atoms with E-state index in [9.17, 15) is 17.2 Å². The van der Waals surface area contributed by atoms with Gasteiger partial charge in [0.25, 0.3) is 10.0 Å². The zero-order chi connectivity index (χ0) is 15.6. The van der Waals surface area contributed by atoms with Gasteiger partial charge in [0, 0.05) is 5.69 Å². The number of sulfonamides is 1. The fraction of sp³-hybridized carbons (Fsp3) is 0.143. The molecule has 0 aliphatic rings. The Labute approximate surface area is 121 Å². The average Bonchev–Trinajstić information content (AvgIpc) is 2.42. The van der Waals surface area contributed by atoms with Crippen molar-refractivity contribution in [3.8, 4) is 0 Å². The first-order valence-electron chi connectivity index (χ1n) is 6.02. The van der Waals surface area contributed by atoms with Crippen LogP contribution in [-0.2, 0) is 16.6 Å². The number of anilines is 1. The van der Waals surface area contributed by atoms with E-state index in [1.807, 2.05) is 0 Å². The van der Waals surface area contributed by atoms with E-state index in [0.29, 0.717) is 0 Å². The smallest absolute Gasteiger partial charge is 0.262 e. The van der Waals surface area contributed by atoms with Crippen molar-refractivity contribution in [3.05, 3.63) is 59.2 Å². The number of aliphatic hydroxyl groups is 1. The van der Waals surface area contributed by atoms with Crippen LogP contribution in [0.25, 0.3) is 0 Å². The van der Waals surface area contributed by atoms with Crippen LogP contribution >= 0.6 is 0 Å². The highest BCUT2D eigenvalue weighted by Crippen LogP contribution is 2.22. The van der Waals surface area contributed by atoms with Crippen LogP contribution < -0.4 is 4.72 Å². The van der Waals surface area contributed by atoms with Crippen LogP contribution in [0.3, 0.4) is 0 Å². The average molecular weight is 313 g/mol. The Morgan fingerprint density at radius 3 is 2.48 bits per heavy atom. The van der Waals surface area contributed by atoms with Gasteiger partial charge in [-0.2, -0.15) is 0 Å². The summed E-state index contributed by atoms with van der Waals surface area (Å²) in [5, 5.41) is 9.15. The van der Waals surface area contributed by atoms with E-state index < -0.39 is 28.3 Å². The molecule has 2 N–H and O–H groups in total. The van der Waals surface area contributed by atoms with E-state index in [4.69, 9.17) is 5.11 Å². The summed E-state index contributed by atoms with van der Waals surface area (Å²) < 4.78 is 53.1. The van der Waals surface area contributed by atoms with E-state index in [1.54, 1.807) is 0 Å². The van der Waals surface area contributed by atoms with Crippen molar-refractivity contribution in [2.75, 3.05) is 4.72 Å². The molecular weight excluding hydrogens is 300 g/mol. The van der Waals surface area contributed by atoms with Gasteiger partial charge in [-0.25, -0.2) is 17.2 Å². The molecule has 21 heavy (non-hydrogen) atoms. The highest BCUT2D eigenvalue weighted by molar-refractivity contribution is 7.92. The van der Waals surface area contributed by atoms with Gasteiger partial charge in [0.2, 0.25) is 0 Å². The van der Waals surface area contributed by atoms with Gasteiger partial charge in [-0.15, -0.1) is 0 Å². The van der Waals surface area contributed by atoms with E-state index >= 15 is 0 Å². The molecule has 0 atom stereocenters. The Morgan fingerprint density at radius 2 is 1.86 bits per heavy atom. The minimum Gasteiger partial charge on any atom is -0.392 e. The van der Waals surface area contributed by atoms with Crippen molar-refractivity contribution in [1.82, 2.24) is 0 Å². The van der Waals surface area contributed by atoms with Gasteiger partial charge in [-0.1, -0.05) is 6.07 Å². The van der Waals surface area contributed by atoms with Gasteiger partial charge in [0.05, 0.1) is 11.5 Å². The summed E-state index contributed by atoms with van der Waals surface area (Å²) in [6.07, 6.45) is 0. The molecule has 0 amide bonds. The van der Waals surface area contributed by atoms with Crippen molar-refractivity contribution in [2.24, 2.45) is 0 Å². The zero-order valence-electron chi connectivity index (χ0n) is 11.1. The number of aryl methyl sites for hydroxylation is 1. The maximum atomic E-state index is 13.2. The van der Waals surface area contributed by atoms with E-state index in [-0.39, 0.29) is 21.7 Å². The van der Waals surface area contributed by atoms with Crippen LogP contribution in [0.1, 0.15) is 11.1 Å². The van der Waals surface area contributed by atoms with Crippen molar-refractivity contribution in [1.29, 1.82) is 0 Å². The van der Waals surface area contributed by atoms with Crippen LogP contribution in [-0.4, -0.2) is 13.5 Å². The lowest BCUT2D eigenvalue weighted by molar-refractivity contribution is 0.278. The minimum atomic E-state index is -4.08. The number of aliphatic hydroxyl groups excluding tert-OH is 1. The van der Waals surface area contributed by atoms with E-state index in [2.05, 4.69) is 4.72 Å². The Morgan fingerprint density at radius 1 is 1.14 bits per heavy atom. The first-order chi connectivity index (χ1) is 9.83. The normalized spacial score (nSPS) is 11.4. The maximum Gasteiger partial charge on any atom is 0.262 e. The Kier molecular flexibility index (Phi) is 4.24. The third-order valence-corrected chi connectivity index (χ3v) is 4.36. The molecule has 0 fully saturated rings. The molecule has 0 aromatic heterocycles. The third kappa shape index (κ3) is 3.37. The zero-order valence-corrected chi connectivity index (χ0v) is 11.9. The summed E-state index contributed by atoms with van der Waals surface area (Å²) in [6.45, 7) is 0.952. The molecule has 2 aromatic carbocycles. The summed E-state index contributed by atoms with van der Waals surface area (Å²) in [5.41, 5.74) is 0.501. The molecule has 0 aliphatic carbocycles. The number of hydrogen-bond donors (Lipinski definition) is 2. The van der Waals surface area contributed by atoms with Crippen molar-refractivity contribution < 1.29 is 22.3 Å². The minimum absolute atomic E-state index is 0.0720. The summed E-state index contributed by atoms with van der Waals surface area (Å²) in [4.78, 5) is -0.355. The lowest BCUT2D eigenvalue weighted by Crippen LogP contribution is -2.15. The molecule has 4 nitrogen and oxygen atoms in total. The second-order valence-corrected chi connectivity index (χ2v) is 6.13. The molecule has 112 valence electrons. The number of benzene rings is 2. The number of nitrogens with one attached hydrogen (secondary N) is 1. The molecule has 0 bridgehead atoms. The van der Waals surface area contributed by atoms with Crippen LogP contribution in [0, 0.1) is 18.6 Å². The first kappa shape index (κ1) is 15.4. The highest BCUT2D eigenvalue weighted by Gasteiger charge is 2.19. The fourth-order valence-electron chi connectivity index (χ4n) is 1.83. The van der Waals surface area contributed by atoms with Crippen molar-refractivity contribution in [3.63, 3.8) is 0 Å². The molecular formula is C14H13F2NO3S. The molecule has 0 radical (unpaired) electrons. The predicted octanol–water partition coefficient (Wildman–Crippen LogP) is 2.57. The lowest BCUT2D eigenvalue weighted by Gasteiger charge is -2.12. The molecule has 2 aromatic rings. The van der Waals surface area contributed by atoms with Gasteiger partial charge in [0.1, 0.15) is 11.6 Å². The number of rotatable bonds is 4. The van der Waals surface area contributed by atoms with E-state index in [1.165, 1.54) is 25.1 Å².